The first-order valence-electron chi connectivity index (χ1n) is 2.90. The molecule has 1 aromatic heterocycles. The second-order valence-corrected chi connectivity index (χ2v) is 2.91. The predicted molar refractivity (Wildman–Crippen MR) is 44.1 cm³/mol. The molecule has 0 aliphatic rings. The molecule has 1 rings (SSSR count). The molecule has 4 heteroatoms. The highest BCUT2D eigenvalue weighted by Crippen LogP contribution is 2.21. The van der Waals surface area contributed by atoms with Gasteiger partial charge in [0.05, 0.1) is 10.7 Å². The summed E-state index contributed by atoms with van der Waals surface area (Å²) in [4.78, 5) is 7.85. The Bertz CT molecular complexity index is 239. The average molecular weight is 221 g/mol. The topological polar surface area (TPSA) is 25.8 Å². The second kappa shape index (κ2) is 3.30. The van der Waals surface area contributed by atoms with Crippen LogP contribution in [0, 0.1) is 0 Å². The highest BCUT2D eigenvalue weighted by atomic mass is 79.9. The van der Waals surface area contributed by atoms with Crippen molar-refractivity contribution in [3.8, 4) is 0 Å². The summed E-state index contributed by atoms with van der Waals surface area (Å²) < 4.78 is 0.668. The number of rotatable bonds is 1. The molecule has 10 heavy (non-hydrogen) atoms. The Morgan fingerprint density at radius 3 is 2.80 bits per heavy atom. The van der Waals surface area contributed by atoms with Crippen LogP contribution in [0.4, 0.5) is 0 Å². The predicted octanol–water partition coefficient (Wildman–Crippen LogP) is 2.45. The minimum Gasteiger partial charge on any atom is -0.240 e. The highest BCUT2D eigenvalue weighted by molar-refractivity contribution is 9.10. The minimum atomic E-state index is 0.616. The molecular weight excluding hydrogens is 215 g/mol. The number of hydrogen-bond donors (Lipinski definition) is 0. The maximum absolute atomic E-state index is 5.82. The van der Waals surface area contributed by atoms with Gasteiger partial charge in [-0.15, -0.1) is 0 Å². The molecule has 0 saturated carbocycles. The van der Waals surface area contributed by atoms with Crippen LogP contribution in [0.1, 0.15) is 12.6 Å². The fraction of sp³-hybridized carbons (Fsp3) is 0.333. The fourth-order valence-corrected chi connectivity index (χ4v) is 1.18. The fourth-order valence-electron chi connectivity index (χ4n) is 0.628. The molecular formula is C6H6BrClN2. The van der Waals surface area contributed by atoms with Crippen molar-refractivity contribution >= 4 is 27.5 Å². The van der Waals surface area contributed by atoms with Crippen molar-refractivity contribution < 1.29 is 0 Å². The van der Waals surface area contributed by atoms with Crippen molar-refractivity contribution in [2.45, 2.75) is 13.3 Å². The molecule has 0 unspecified atom stereocenters. The third-order valence-electron chi connectivity index (χ3n) is 1.15. The van der Waals surface area contributed by atoms with Crippen LogP contribution in [0.15, 0.2) is 10.9 Å². The summed E-state index contributed by atoms with van der Waals surface area (Å²) in [6.07, 6.45) is 2.33. The number of halogens is 2. The molecule has 0 aromatic carbocycles. The van der Waals surface area contributed by atoms with Gasteiger partial charge in [-0.05, 0) is 22.4 Å². The van der Waals surface area contributed by atoms with Gasteiger partial charge in [0.15, 0.2) is 0 Å². The Hall–Kier alpha value is -0.150. The molecule has 0 spiro atoms. The normalized spacial score (nSPS) is 9.90. The van der Waals surface area contributed by atoms with Gasteiger partial charge in [-0.25, -0.2) is 9.97 Å². The first-order valence-corrected chi connectivity index (χ1v) is 4.07. The molecule has 0 aliphatic carbocycles. The molecule has 0 atom stereocenters. The molecule has 0 amide bonds. The third-order valence-corrected chi connectivity index (χ3v) is 2.38. The van der Waals surface area contributed by atoms with Crippen molar-refractivity contribution in [1.82, 2.24) is 9.97 Å². The van der Waals surface area contributed by atoms with E-state index in [2.05, 4.69) is 25.9 Å². The van der Waals surface area contributed by atoms with Gasteiger partial charge in [-0.1, -0.05) is 18.5 Å². The van der Waals surface area contributed by atoms with Gasteiger partial charge in [0.1, 0.15) is 10.9 Å². The van der Waals surface area contributed by atoms with Gasteiger partial charge in [-0.3, -0.25) is 0 Å². The lowest BCUT2D eigenvalue weighted by molar-refractivity contribution is 0.987. The van der Waals surface area contributed by atoms with E-state index < -0.39 is 0 Å². The number of aromatic nitrogens is 2. The monoisotopic (exact) mass is 220 g/mol. The SMILES string of the molecule is CCc1ncnc(Br)c1Cl. The van der Waals surface area contributed by atoms with E-state index in [1.807, 2.05) is 6.92 Å². The molecule has 0 fully saturated rings. The van der Waals surface area contributed by atoms with Gasteiger partial charge in [0.25, 0.3) is 0 Å². The van der Waals surface area contributed by atoms with Crippen LogP contribution in [-0.4, -0.2) is 9.97 Å². The van der Waals surface area contributed by atoms with E-state index in [-0.39, 0.29) is 0 Å². The van der Waals surface area contributed by atoms with Crippen LogP contribution in [0.5, 0.6) is 0 Å². The zero-order valence-corrected chi connectivity index (χ0v) is 7.78. The Kier molecular flexibility index (Phi) is 2.63. The Balaban J connectivity index is 3.14. The van der Waals surface area contributed by atoms with Crippen LogP contribution in [0.25, 0.3) is 0 Å². The molecule has 1 heterocycles. The number of nitrogens with zero attached hydrogens (tertiary/aromatic N) is 2. The summed E-state index contributed by atoms with van der Waals surface area (Å²) in [5.41, 5.74) is 0.878. The maximum Gasteiger partial charge on any atom is 0.128 e. The van der Waals surface area contributed by atoms with E-state index >= 15 is 0 Å². The third kappa shape index (κ3) is 1.47. The van der Waals surface area contributed by atoms with Crippen molar-refractivity contribution in [1.29, 1.82) is 0 Å². The van der Waals surface area contributed by atoms with E-state index in [1.165, 1.54) is 6.33 Å². The van der Waals surface area contributed by atoms with E-state index in [0.717, 1.165) is 12.1 Å². The second-order valence-electron chi connectivity index (χ2n) is 1.78. The molecule has 54 valence electrons. The first kappa shape index (κ1) is 7.95. The number of aryl methyl sites for hydroxylation is 1. The van der Waals surface area contributed by atoms with Gasteiger partial charge in [-0.2, -0.15) is 0 Å². The van der Waals surface area contributed by atoms with Crippen LogP contribution < -0.4 is 0 Å². The van der Waals surface area contributed by atoms with E-state index in [1.54, 1.807) is 0 Å². The summed E-state index contributed by atoms with van der Waals surface area (Å²) in [6.45, 7) is 2.00. The van der Waals surface area contributed by atoms with Crippen LogP contribution in [0.3, 0.4) is 0 Å². The molecule has 0 bridgehead atoms. The molecule has 1 aromatic rings. The van der Waals surface area contributed by atoms with Gasteiger partial charge < -0.3 is 0 Å². The molecule has 2 nitrogen and oxygen atoms in total. The standard InChI is InChI=1S/C6H6BrClN2/c1-2-4-5(8)6(7)10-3-9-4/h3H,2H2,1H3. The summed E-state index contributed by atoms with van der Waals surface area (Å²) in [5.74, 6) is 0. The Labute approximate surface area is 72.8 Å². The largest absolute Gasteiger partial charge is 0.240 e. The van der Waals surface area contributed by atoms with Crippen molar-refractivity contribution in [3.63, 3.8) is 0 Å². The van der Waals surface area contributed by atoms with Crippen molar-refractivity contribution in [2.75, 3.05) is 0 Å². The summed E-state index contributed by atoms with van der Waals surface area (Å²) in [6, 6.07) is 0. The summed E-state index contributed by atoms with van der Waals surface area (Å²) in [5, 5.41) is 0.616. The first-order chi connectivity index (χ1) is 4.75. The Morgan fingerprint density at radius 2 is 2.30 bits per heavy atom. The molecule has 0 saturated heterocycles. The van der Waals surface area contributed by atoms with Crippen molar-refractivity contribution in [2.24, 2.45) is 0 Å². The Morgan fingerprint density at radius 1 is 1.60 bits per heavy atom. The van der Waals surface area contributed by atoms with E-state index in [4.69, 9.17) is 11.6 Å². The average Bonchev–Trinajstić information content (AvgIpc) is 1.95. The smallest absolute Gasteiger partial charge is 0.128 e. The lowest BCUT2D eigenvalue weighted by atomic mass is 10.3. The highest BCUT2D eigenvalue weighted by Gasteiger charge is 2.02. The molecule has 0 aliphatic heterocycles. The minimum absolute atomic E-state index is 0.616. The zero-order chi connectivity index (χ0) is 7.56. The maximum atomic E-state index is 5.82. The van der Waals surface area contributed by atoms with Crippen molar-refractivity contribution in [3.05, 3.63) is 21.6 Å². The number of hydrogen-bond acceptors (Lipinski definition) is 2. The van der Waals surface area contributed by atoms with Crippen LogP contribution in [-0.2, 0) is 6.42 Å². The molecule has 0 N–H and O–H groups in total. The van der Waals surface area contributed by atoms with Gasteiger partial charge in [0.2, 0.25) is 0 Å². The summed E-state index contributed by atoms with van der Waals surface area (Å²) in [7, 11) is 0. The summed E-state index contributed by atoms with van der Waals surface area (Å²) >= 11 is 9.03. The molecule has 0 radical (unpaired) electrons. The van der Waals surface area contributed by atoms with Gasteiger partial charge >= 0.3 is 0 Å². The van der Waals surface area contributed by atoms with Crippen LogP contribution in [0.2, 0.25) is 5.02 Å². The van der Waals surface area contributed by atoms with Gasteiger partial charge in [0, 0.05) is 0 Å². The van der Waals surface area contributed by atoms with E-state index in [9.17, 15) is 0 Å². The quantitative estimate of drug-likeness (QED) is 0.681. The lowest BCUT2D eigenvalue weighted by Crippen LogP contribution is -1.90. The zero-order valence-electron chi connectivity index (χ0n) is 5.43. The van der Waals surface area contributed by atoms with Crippen LogP contribution >= 0.6 is 27.5 Å². The lowest BCUT2D eigenvalue weighted by Gasteiger charge is -1.98. The van der Waals surface area contributed by atoms with E-state index in [0.29, 0.717) is 9.63 Å².